The van der Waals surface area contributed by atoms with Crippen LogP contribution in [0.3, 0.4) is 0 Å². The van der Waals surface area contributed by atoms with Crippen molar-refractivity contribution in [1.82, 2.24) is 0 Å². The molecule has 0 N–H and O–H groups in total. The van der Waals surface area contributed by atoms with E-state index < -0.39 is 40.0 Å². The second-order valence-electron chi connectivity index (χ2n) is 4.71. The standard InChI is InChI=1S/C15H10ClF5/c1-6-3-4-8(7(2)5-6)10(16)9-11(17)13(19)15(21)14(20)12(9)18/h3-5,10H,1-2H3. The van der Waals surface area contributed by atoms with Crippen molar-refractivity contribution in [2.24, 2.45) is 0 Å². The van der Waals surface area contributed by atoms with E-state index in [9.17, 15) is 22.0 Å². The number of alkyl halides is 1. The molecule has 1 atom stereocenters. The number of halogens is 6. The summed E-state index contributed by atoms with van der Waals surface area (Å²) in [4.78, 5) is 0. The van der Waals surface area contributed by atoms with Gasteiger partial charge in [-0.15, -0.1) is 11.6 Å². The predicted octanol–water partition coefficient (Wildman–Crippen LogP) is 5.33. The molecule has 21 heavy (non-hydrogen) atoms. The largest absolute Gasteiger partial charge is 0.203 e. The Bertz CT molecular complexity index is 683. The van der Waals surface area contributed by atoms with Crippen LogP contribution in [0.5, 0.6) is 0 Å². The molecule has 0 nitrogen and oxygen atoms in total. The van der Waals surface area contributed by atoms with Crippen LogP contribution in [0.2, 0.25) is 0 Å². The van der Waals surface area contributed by atoms with Gasteiger partial charge in [0, 0.05) is 0 Å². The van der Waals surface area contributed by atoms with Crippen molar-refractivity contribution >= 4 is 11.6 Å². The van der Waals surface area contributed by atoms with E-state index in [0.717, 1.165) is 5.56 Å². The number of aryl methyl sites for hydroxylation is 2. The van der Waals surface area contributed by atoms with E-state index in [-0.39, 0.29) is 5.56 Å². The summed E-state index contributed by atoms with van der Waals surface area (Å²) in [5.74, 6) is -10.0. The van der Waals surface area contributed by atoms with Crippen LogP contribution in [-0.4, -0.2) is 0 Å². The van der Waals surface area contributed by atoms with Gasteiger partial charge < -0.3 is 0 Å². The molecule has 6 heteroatoms. The predicted molar refractivity (Wildman–Crippen MR) is 69.8 cm³/mol. The molecule has 112 valence electrons. The summed E-state index contributed by atoms with van der Waals surface area (Å²) in [7, 11) is 0. The molecule has 2 aromatic rings. The molecule has 1 unspecified atom stereocenters. The summed E-state index contributed by atoms with van der Waals surface area (Å²) in [6, 6.07) is 4.85. The fraction of sp³-hybridized carbons (Fsp3) is 0.200. The van der Waals surface area contributed by atoms with Gasteiger partial charge in [-0.1, -0.05) is 23.8 Å². The molecule has 0 saturated heterocycles. The third kappa shape index (κ3) is 2.62. The van der Waals surface area contributed by atoms with E-state index in [1.54, 1.807) is 26.0 Å². The second kappa shape index (κ2) is 5.64. The molecule has 0 radical (unpaired) electrons. The minimum absolute atomic E-state index is 0.283. The van der Waals surface area contributed by atoms with Crippen molar-refractivity contribution in [3.63, 3.8) is 0 Å². The number of benzene rings is 2. The van der Waals surface area contributed by atoms with Gasteiger partial charge in [-0.2, -0.15) is 0 Å². The Kier molecular flexibility index (Phi) is 4.23. The van der Waals surface area contributed by atoms with Crippen molar-refractivity contribution in [2.45, 2.75) is 19.2 Å². The Hall–Kier alpha value is -1.62. The van der Waals surface area contributed by atoms with Crippen LogP contribution in [0.1, 0.15) is 27.6 Å². The van der Waals surface area contributed by atoms with Gasteiger partial charge in [-0.25, -0.2) is 22.0 Å². The summed E-state index contributed by atoms with van der Waals surface area (Å²) >= 11 is 5.96. The summed E-state index contributed by atoms with van der Waals surface area (Å²) < 4.78 is 67.0. The molecule has 0 amide bonds. The van der Waals surface area contributed by atoms with Crippen LogP contribution in [0.4, 0.5) is 22.0 Å². The van der Waals surface area contributed by atoms with Crippen molar-refractivity contribution in [1.29, 1.82) is 0 Å². The first kappa shape index (κ1) is 15.8. The molecule has 2 rings (SSSR count). The van der Waals surface area contributed by atoms with E-state index >= 15 is 0 Å². The molecule has 0 aliphatic rings. The maximum absolute atomic E-state index is 13.7. The highest BCUT2D eigenvalue weighted by Crippen LogP contribution is 2.37. The van der Waals surface area contributed by atoms with Crippen LogP contribution in [0, 0.1) is 42.9 Å². The highest BCUT2D eigenvalue weighted by Gasteiger charge is 2.30. The van der Waals surface area contributed by atoms with Crippen molar-refractivity contribution in [2.75, 3.05) is 0 Å². The normalized spacial score (nSPS) is 12.6. The van der Waals surface area contributed by atoms with Crippen molar-refractivity contribution in [3.05, 3.63) is 69.5 Å². The Morgan fingerprint density at radius 2 is 1.29 bits per heavy atom. The Morgan fingerprint density at radius 1 is 0.810 bits per heavy atom. The molecule has 0 spiro atoms. The summed E-state index contributed by atoms with van der Waals surface area (Å²) in [5, 5.41) is -1.48. The zero-order valence-electron chi connectivity index (χ0n) is 11.1. The van der Waals surface area contributed by atoms with Gasteiger partial charge in [0.2, 0.25) is 5.82 Å². The van der Waals surface area contributed by atoms with E-state index in [1.807, 2.05) is 0 Å². The third-order valence-electron chi connectivity index (χ3n) is 3.20. The topological polar surface area (TPSA) is 0 Å². The molecule has 0 aliphatic heterocycles. The third-order valence-corrected chi connectivity index (χ3v) is 3.65. The summed E-state index contributed by atoms with van der Waals surface area (Å²) in [6.45, 7) is 3.45. The zero-order valence-corrected chi connectivity index (χ0v) is 11.8. The average molecular weight is 321 g/mol. The molecule has 0 aliphatic carbocycles. The number of hydrogen-bond donors (Lipinski definition) is 0. The molecule has 0 aromatic heterocycles. The maximum atomic E-state index is 13.7. The lowest BCUT2D eigenvalue weighted by atomic mass is 9.97. The number of rotatable bonds is 2. The van der Waals surface area contributed by atoms with Crippen LogP contribution < -0.4 is 0 Å². The van der Waals surface area contributed by atoms with Gasteiger partial charge in [0.05, 0.1) is 10.9 Å². The lowest BCUT2D eigenvalue weighted by Crippen LogP contribution is -2.10. The summed E-state index contributed by atoms with van der Waals surface area (Å²) in [5.41, 5.74) is 0.724. The first-order valence-corrected chi connectivity index (χ1v) is 6.41. The fourth-order valence-electron chi connectivity index (χ4n) is 2.11. The molecule has 0 saturated carbocycles. The van der Waals surface area contributed by atoms with Crippen LogP contribution >= 0.6 is 11.6 Å². The zero-order chi connectivity index (χ0) is 15.9. The van der Waals surface area contributed by atoms with Gasteiger partial charge >= 0.3 is 0 Å². The average Bonchev–Trinajstić information content (AvgIpc) is 2.43. The lowest BCUT2D eigenvalue weighted by molar-refractivity contribution is 0.370. The number of hydrogen-bond acceptors (Lipinski definition) is 0. The molecule has 2 aromatic carbocycles. The lowest BCUT2D eigenvalue weighted by Gasteiger charge is -2.16. The first-order valence-electron chi connectivity index (χ1n) is 5.98. The minimum Gasteiger partial charge on any atom is -0.203 e. The van der Waals surface area contributed by atoms with Gasteiger partial charge in [0.15, 0.2) is 23.3 Å². The molecule has 0 heterocycles. The quantitative estimate of drug-likeness (QED) is 0.304. The molecule has 0 fully saturated rings. The van der Waals surface area contributed by atoms with E-state index in [2.05, 4.69) is 0 Å². The monoisotopic (exact) mass is 320 g/mol. The molecule has 0 bridgehead atoms. The molecular weight excluding hydrogens is 311 g/mol. The minimum atomic E-state index is -2.20. The Balaban J connectivity index is 2.66. The maximum Gasteiger partial charge on any atom is 0.200 e. The first-order chi connectivity index (χ1) is 9.75. The Labute approximate surface area is 123 Å². The highest BCUT2D eigenvalue weighted by atomic mass is 35.5. The fourth-order valence-corrected chi connectivity index (χ4v) is 2.55. The van der Waals surface area contributed by atoms with Gasteiger partial charge in [-0.3, -0.25) is 0 Å². The van der Waals surface area contributed by atoms with E-state index in [4.69, 9.17) is 11.6 Å². The Morgan fingerprint density at radius 3 is 1.76 bits per heavy atom. The van der Waals surface area contributed by atoms with Gasteiger partial charge in [0.25, 0.3) is 0 Å². The second-order valence-corrected chi connectivity index (χ2v) is 5.14. The van der Waals surface area contributed by atoms with E-state index in [1.165, 1.54) is 6.07 Å². The van der Waals surface area contributed by atoms with Crippen LogP contribution in [0.15, 0.2) is 18.2 Å². The van der Waals surface area contributed by atoms with Crippen molar-refractivity contribution in [3.8, 4) is 0 Å². The molecular formula is C15H10ClF5. The van der Waals surface area contributed by atoms with Crippen LogP contribution in [-0.2, 0) is 0 Å². The summed E-state index contributed by atoms with van der Waals surface area (Å²) in [6.07, 6.45) is 0. The van der Waals surface area contributed by atoms with Gasteiger partial charge in [0.1, 0.15) is 0 Å². The van der Waals surface area contributed by atoms with E-state index in [0.29, 0.717) is 5.56 Å². The smallest absolute Gasteiger partial charge is 0.200 e. The van der Waals surface area contributed by atoms with Crippen molar-refractivity contribution < 1.29 is 22.0 Å². The SMILES string of the molecule is Cc1ccc(C(Cl)c2c(F)c(F)c(F)c(F)c2F)c(C)c1. The highest BCUT2D eigenvalue weighted by molar-refractivity contribution is 6.22. The van der Waals surface area contributed by atoms with Crippen LogP contribution in [0.25, 0.3) is 0 Å². The van der Waals surface area contributed by atoms with Gasteiger partial charge in [-0.05, 0) is 25.0 Å².